The van der Waals surface area contributed by atoms with E-state index in [0.29, 0.717) is 5.69 Å². The lowest BCUT2D eigenvalue weighted by molar-refractivity contribution is 0.742. The van der Waals surface area contributed by atoms with E-state index in [2.05, 4.69) is 17.3 Å². The third kappa shape index (κ3) is 2.43. The maximum Gasteiger partial charge on any atom is 0.148 e. The van der Waals surface area contributed by atoms with Crippen LogP contribution >= 0.6 is 11.6 Å². The lowest BCUT2D eigenvalue weighted by Crippen LogP contribution is -2.11. The first-order valence-electron chi connectivity index (χ1n) is 5.80. The summed E-state index contributed by atoms with van der Waals surface area (Å²) in [5, 5.41) is 8.38. The number of nitrogens with two attached hydrogens (primary N) is 1. The Kier molecular flexibility index (Phi) is 3.48. The minimum atomic E-state index is 0.138. The van der Waals surface area contributed by atoms with E-state index in [1.165, 1.54) is 0 Å². The van der Waals surface area contributed by atoms with Crippen LogP contribution in [0.1, 0.15) is 24.2 Å². The Morgan fingerprint density at radius 2 is 1.94 bits per heavy atom. The third-order valence-corrected chi connectivity index (χ3v) is 3.24. The summed E-state index contributed by atoms with van der Waals surface area (Å²) in [7, 11) is 1.88. The van der Waals surface area contributed by atoms with Gasteiger partial charge < -0.3 is 11.1 Å². The second kappa shape index (κ2) is 4.90. The summed E-state index contributed by atoms with van der Waals surface area (Å²) in [6, 6.07) is 7.90. The molecular formula is C13H17ClN4. The predicted octanol–water partition coefficient (Wildman–Crippen LogP) is 3.14. The van der Waals surface area contributed by atoms with E-state index in [4.69, 9.17) is 17.3 Å². The van der Waals surface area contributed by atoms with Gasteiger partial charge in [-0.25, -0.2) is 0 Å². The minimum absolute atomic E-state index is 0.138. The number of hydrogen-bond acceptors (Lipinski definition) is 3. The van der Waals surface area contributed by atoms with Crippen LogP contribution in [0, 0.1) is 6.92 Å². The molecule has 0 radical (unpaired) electrons. The molecule has 3 N–H and O–H groups in total. The van der Waals surface area contributed by atoms with E-state index in [9.17, 15) is 0 Å². The van der Waals surface area contributed by atoms with Crippen LogP contribution in [-0.2, 0) is 7.05 Å². The molecule has 4 nitrogen and oxygen atoms in total. The van der Waals surface area contributed by atoms with Gasteiger partial charge in [-0.05, 0) is 31.5 Å². The molecule has 2 aromatic rings. The highest BCUT2D eigenvalue weighted by atomic mass is 35.5. The molecule has 0 spiro atoms. The van der Waals surface area contributed by atoms with Gasteiger partial charge in [-0.3, -0.25) is 4.68 Å². The highest BCUT2D eigenvalue weighted by Gasteiger charge is 2.13. The molecule has 0 aliphatic rings. The Morgan fingerprint density at radius 1 is 1.33 bits per heavy atom. The van der Waals surface area contributed by atoms with Crippen LogP contribution in [0.5, 0.6) is 0 Å². The van der Waals surface area contributed by atoms with Crippen molar-refractivity contribution in [1.82, 2.24) is 9.78 Å². The number of rotatable bonds is 3. The smallest absolute Gasteiger partial charge is 0.148 e. The monoisotopic (exact) mass is 264 g/mol. The Hall–Kier alpha value is -1.68. The van der Waals surface area contributed by atoms with E-state index in [-0.39, 0.29) is 6.04 Å². The fourth-order valence-electron chi connectivity index (χ4n) is 1.89. The van der Waals surface area contributed by atoms with E-state index < -0.39 is 0 Å². The summed E-state index contributed by atoms with van der Waals surface area (Å²) >= 11 is 5.88. The Labute approximate surface area is 112 Å². The van der Waals surface area contributed by atoms with Crippen molar-refractivity contribution in [3.8, 4) is 0 Å². The molecule has 5 heteroatoms. The number of nitrogen functional groups attached to an aromatic ring is 1. The van der Waals surface area contributed by atoms with Crippen LogP contribution in [-0.4, -0.2) is 9.78 Å². The van der Waals surface area contributed by atoms with Gasteiger partial charge in [0.25, 0.3) is 0 Å². The summed E-state index contributed by atoms with van der Waals surface area (Å²) in [5.41, 5.74) is 8.67. The molecule has 1 heterocycles. The number of hydrogen-bond donors (Lipinski definition) is 2. The molecule has 2 rings (SSSR count). The Balaban J connectivity index is 2.21. The number of halogens is 1. The van der Waals surface area contributed by atoms with Crippen molar-refractivity contribution >= 4 is 23.1 Å². The van der Waals surface area contributed by atoms with Gasteiger partial charge in [0.15, 0.2) is 0 Å². The highest BCUT2D eigenvalue weighted by Crippen LogP contribution is 2.26. The van der Waals surface area contributed by atoms with Crippen molar-refractivity contribution in [3.05, 3.63) is 40.5 Å². The molecule has 0 amide bonds. The second-order valence-electron chi connectivity index (χ2n) is 4.39. The lowest BCUT2D eigenvalue weighted by atomic mass is 10.1. The highest BCUT2D eigenvalue weighted by molar-refractivity contribution is 6.30. The number of benzene rings is 1. The van der Waals surface area contributed by atoms with Gasteiger partial charge >= 0.3 is 0 Å². The molecule has 1 aromatic carbocycles. The molecule has 1 aromatic heterocycles. The quantitative estimate of drug-likeness (QED) is 0.895. The fraction of sp³-hybridized carbons (Fsp3) is 0.308. The zero-order valence-corrected chi connectivity index (χ0v) is 11.5. The van der Waals surface area contributed by atoms with Crippen molar-refractivity contribution in [2.45, 2.75) is 19.9 Å². The van der Waals surface area contributed by atoms with Crippen LogP contribution < -0.4 is 11.1 Å². The van der Waals surface area contributed by atoms with Gasteiger partial charge in [0.2, 0.25) is 0 Å². The van der Waals surface area contributed by atoms with Gasteiger partial charge in [-0.15, -0.1) is 0 Å². The summed E-state index contributed by atoms with van der Waals surface area (Å²) in [6.45, 7) is 3.97. The van der Waals surface area contributed by atoms with Gasteiger partial charge in [0.05, 0.1) is 17.4 Å². The molecule has 1 atom stereocenters. The number of nitrogens with zero attached hydrogens (tertiary/aromatic N) is 2. The van der Waals surface area contributed by atoms with E-state index in [0.717, 1.165) is 22.1 Å². The van der Waals surface area contributed by atoms with E-state index in [1.54, 1.807) is 4.68 Å². The van der Waals surface area contributed by atoms with Crippen molar-refractivity contribution in [1.29, 1.82) is 0 Å². The van der Waals surface area contributed by atoms with Crippen LogP contribution in [0.3, 0.4) is 0 Å². The molecule has 0 aliphatic heterocycles. The van der Waals surface area contributed by atoms with Gasteiger partial charge in [0.1, 0.15) is 5.82 Å². The molecule has 0 saturated heterocycles. The number of aromatic nitrogens is 2. The molecular weight excluding hydrogens is 248 g/mol. The minimum Gasteiger partial charge on any atom is -0.394 e. The van der Waals surface area contributed by atoms with Crippen molar-refractivity contribution in [2.75, 3.05) is 11.1 Å². The summed E-state index contributed by atoms with van der Waals surface area (Å²) in [5.74, 6) is 0.843. The van der Waals surface area contributed by atoms with Crippen molar-refractivity contribution in [3.63, 3.8) is 0 Å². The zero-order valence-electron chi connectivity index (χ0n) is 10.7. The van der Waals surface area contributed by atoms with E-state index >= 15 is 0 Å². The summed E-state index contributed by atoms with van der Waals surface area (Å²) in [4.78, 5) is 0. The average molecular weight is 265 g/mol. The fourth-order valence-corrected chi connectivity index (χ4v) is 2.01. The Bertz CT molecular complexity index is 545. The summed E-state index contributed by atoms with van der Waals surface area (Å²) < 4.78 is 1.76. The van der Waals surface area contributed by atoms with Crippen molar-refractivity contribution in [2.24, 2.45) is 7.05 Å². The first-order valence-corrected chi connectivity index (χ1v) is 6.18. The lowest BCUT2D eigenvalue weighted by Gasteiger charge is -2.16. The third-order valence-electron chi connectivity index (χ3n) is 2.99. The van der Waals surface area contributed by atoms with Gasteiger partial charge in [-0.1, -0.05) is 23.7 Å². The molecule has 1 unspecified atom stereocenters. The largest absolute Gasteiger partial charge is 0.394 e. The summed E-state index contributed by atoms with van der Waals surface area (Å²) in [6.07, 6.45) is 0. The normalized spacial score (nSPS) is 12.4. The van der Waals surface area contributed by atoms with Crippen LogP contribution in [0.15, 0.2) is 24.3 Å². The number of anilines is 2. The number of nitrogens with one attached hydrogen (secondary N) is 1. The molecule has 0 saturated carbocycles. The second-order valence-corrected chi connectivity index (χ2v) is 4.83. The first-order chi connectivity index (χ1) is 8.49. The molecule has 96 valence electrons. The molecule has 18 heavy (non-hydrogen) atoms. The molecule has 0 bridgehead atoms. The van der Waals surface area contributed by atoms with Crippen LogP contribution in [0.4, 0.5) is 11.5 Å². The molecule has 0 fully saturated rings. The maximum atomic E-state index is 5.99. The first kappa shape index (κ1) is 12.8. The van der Waals surface area contributed by atoms with Crippen LogP contribution in [0.2, 0.25) is 5.02 Å². The van der Waals surface area contributed by atoms with Gasteiger partial charge in [0, 0.05) is 12.1 Å². The Morgan fingerprint density at radius 3 is 2.44 bits per heavy atom. The average Bonchev–Trinajstić information content (AvgIpc) is 2.57. The van der Waals surface area contributed by atoms with E-state index in [1.807, 2.05) is 38.2 Å². The van der Waals surface area contributed by atoms with Crippen LogP contribution in [0.25, 0.3) is 0 Å². The standard InChI is InChI=1S/C13H17ClN4/c1-8(10-4-6-11(14)7-5-10)16-13-12(15)9(2)17-18(13)3/h4-8,16H,15H2,1-3H3. The van der Waals surface area contributed by atoms with Crippen molar-refractivity contribution < 1.29 is 0 Å². The molecule has 0 aliphatic carbocycles. The number of aryl methyl sites for hydroxylation is 2. The predicted molar refractivity (Wildman–Crippen MR) is 75.8 cm³/mol. The topological polar surface area (TPSA) is 55.9 Å². The zero-order chi connectivity index (χ0) is 13.3. The SMILES string of the molecule is Cc1nn(C)c(NC(C)c2ccc(Cl)cc2)c1N. The maximum absolute atomic E-state index is 5.99. The van der Waals surface area contributed by atoms with Gasteiger partial charge in [-0.2, -0.15) is 5.10 Å².